The van der Waals surface area contributed by atoms with E-state index in [9.17, 15) is 27.5 Å². The van der Waals surface area contributed by atoms with Crippen LogP contribution >= 0.6 is 0 Å². The van der Waals surface area contributed by atoms with Crippen LogP contribution in [0, 0.1) is 12.7 Å². The highest BCUT2D eigenvalue weighted by Crippen LogP contribution is 2.35. The number of aliphatic hydroxyl groups excluding tert-OH is 1. The number of aryl methyl sites for hydroxylation is 1. The van der Waals surface area contributed by atoms with Crippen molar-refractivity contribution in [3.63, 3.8) is 0 Å². The maximum atomic E-state index is 13.9. The van der Waals surface area contributed by atoms with E-state index in [0.717, 1.165) is 11.6 Å². The normalized spacial score (nSPS) is 13.5. The predicted octanol–water partition coefficient (Wildman–Crippen LogP) is 5.28. The van der Waals surface area contributed by atoms with Crippen LogP contribution in [0.25, 0.3) is 11.1 Å². The molecule has 0 bridgehead atoms. The van der Waals surface area contributed by atoms with Crippen LogP contribution in [0.2, 0.25) is 0 Å². The minimum Gasteiger partial charge on any atom is -0.379 e. The molecule has 0 saturated carbocycles. The van der Waals surface area contributed by atoms with Crippen LogP contribution in [0.15, 0.2) is 60.8 Å². The Morgan fingerprint density at radius 1 is 1.06 bits per heavy atom. The van der Waals surface area contributed by atoms with E-state index in [1.807, 2.05) is 6.92 Å². The molecule has 0 aliphatic rings. The molecule has 1 amide bonds. The standard InChI is InChI=1S/C23H20F4N2O2/c1-13-5-7-15(8-6-13)16-10-17(21(30)23(25,26)27)12-18(11-16)22(31)29-14(2)20-19(24)4-3-9-28-20/h3-12,14,21,30H,1-2H3,(H,29,31)/t14-,21?/m1/s1. The van der Waals surface area contributed by atoms with Crippen molar-refractivity contribution in [3.05, 3.63) is 89.0 Å². The molecule has 4 nitrogen and oxygen atoms in total. The highest BCUT2D eigenvalue weighted by atomic mass is 19.4. The van der Waals surface area contributed by atoms with E-state index >= 15 is 0 Å². The first-order chi connectivity index (χ1) is 14.6. The van der Waals surface area contributed by atoms with Crippen LogP contribution in [0.3, 0.4) is 0 Å². The van der Waals surface area contributed by atoms with Crippen molar-refractivity contribution in [2.75, 3.05) is 0 Å². The van der Waals surface area contributed by atoms with Crippen LogP contribution < -0.4 is 5.32 Å². The number of pyridine rings is 1. The topological polar surface area (TPSA) is 62.2 Å². The van der Waals surface area contributed by atoms with Gasteiger partial charge < -0.3 is 10.4 Å². The minimum absolute atomic E-state index is 0.00101. The average Bonchev–Trinajstić information content (AvgIpc) is 2.73. The van der Waals surface area contributed by atoms with Gasteiger partial charge in [0.05, 0.1) is 11.7 Å². The molecule has 2 N–H and O–H groups in total. The second-order valence-electron chi connectivity index (χ2n) is 7.22. The summed E-state index contributed by atoms with van der Waals surface area (Å²) < 4.78 is 53.3. The number of benzene rings is 2. The van der Waals surface area contributed by atoms with Gasteiger partial charge in [0.2, 0.25) is 0 Å². The van der Waals surface area contributed by atoms with E-state index in [-0.39, 0.29) is 11.3 Å². The number of amides is 1. The van der Waals surface area contributed by atoms with Crippen molar-refractivity contribution in [2.24, 2.45) is 0 Å². The number of carbonyl (C=O) groups excluding carboxylic acids is 1. The first kappa shape index (κ1) is 22.4. The summed E-state index contributed by atoms with van der Waals surface area (Å²) in [4.78, 5) is 16.7. The zero-order valence-corrected chi connectivity index (χ0v) is 16.7. The fraction of sp³-hybridized carbons (Fsp3) is 0.217. The molecule has 2 aromatic carbocycles. The Labute approximate surface area is 176 Å². The fourth-order valence-electron chi connectivity index (χ4n) is 3.11. The quantitative estimate of drug-likeness (QED) is 0.539. The van der Waals surface area contributed by atoms with Gasteiger partial charge in [-0.1, -0.05) is 29.8 Å². The average molecular weight is 432 g/mol. The molecule has 1 unspecified atom stereocenters. The van der Waals surface area contributed by atoms with Gasteiger partial charge in [-0.2, -0.15) is 13.2 Å². The van der Waals surface area contributed by atoms with Crippen LogP contribution in [0.1, 0.15) is 46.2 Å². The molecule has 1 aromatic heterocycles. The van der Waals surface area contributed by atoms with Gasteiger partial charge in [0.25, 0.3) is 5.91 Å². The maximum Gasteiger partial charge on any atom is 0.418 e. The number of aromatic nitrogens is 1. The van der Waals surface area contributed by atoms with Gasteiger partial charge in [-0.25, -0.2) is 4.39 Å². The molecule has 162 valence electrons. The van der Waals surface area contributed by atoms with Crippen molar-refractivity contribution in [3.8, 4) is 11.1 Å². The number of carbonyl (C=O) groups is 1. The maximum absolute atomic E-state index is 13.9. The van der Waals surface area contributed by atoms with Crippen molar-refractivity contribution in [1.29, 1.82) is 0 Å². The summed E-state index contributed by atoms with van der Waals surface area (Å²) in [7, 11) is 0. The van der Waals surface area contributed by atoms with Crippen molar-refractivity contribution in [2.45, 2.75) is 32.2 Å². The highest BCUT2D eigenvalue weighted by Gasteiger charge is 2.39. The third-order valence-electron chi connectivity index (χ3n) is 4.77. The number of hydrogen-bond donors (Lipinski definition) is 2. The van der Waals surface area contributed by atoms with E-state index in [0.29, 0.717) is 11.1 Å². The predicted molar refractivity (Wildman–Crippen MR) is 108 cm³/mol. The lowest BCUT2D eigenvalue weighted by Gasteiger charge is -2.19. The van der Waals surface area contributed by atoms with Gasteiger partial charge in [0, 0.05) is 11.8 Å². The van der Waals surface area contributed by atoms with Crippen molar-refractivity contribution >= 4 is 5.91 Å². The molecule has 0 aliphatic heterocycles. The Morgan fingerprint density at radius 2 is 1.74 bits per heavy atom. The van der Waals surface area contributed by atoms with Gasteiger partial charge in [-0.15, -0.1) is 0 Å². The smallest absolute Gasteiger partial charge is 0.379 e. The highest BCUT2D eigenvalue weighted by molar-refractivity contribution is 5.96. The Hall–Kier alpha value is -3.26. The molecular formula is C23H20F4N2O2. The third kappa shape index (κ3) is 5.27. The second kappa shape index (κ2) is 8.85. The first-order valence-corrected chi connectivity index (χ1v) is 9.44. The monoisotopic (exact) mass is 432 g/mol. The largest absolute Gasteiger partial charge is 0.418 e. The van der Waals surface area contributed by atoms with Crippen LogP contribution in [-0.2, 0) is 0 Å². The lowest BCUT2D eigenvalue weighted by Crippen LogP contribution is -2.28. The Kier molecular flexibility index (Phi) is 6.40. The summed E-state index contributed by atoms with van der Waals surface area (Å²) in [6.07, 6.45) is -6.28. The van der Waals surface area contributed by atoms with Gasteiger partial charge in [0.1, 0.15) is 5.82 Å². The number of rotatable bonds is 5. The van der Waals surface area contributed by atoms with Gasteiger partial charge in [0.15, 0.2) is 6.10 Å². The molecule has 3 aromatic rings. The number of nitrogens with one attached hydrogen (secondary N) is 1. The number of alkyl halides is 3. The Balaban J connectivity index is 1.99. The molecule has 8 heteroatoms. The molecule has 0 aliphatic carbocycles. The number of aliphatic hydroxyl groups is 1. The third-order valence-corrected chi connectivity index (χ3v) is 4.77. The number of nitrogens with zero attached hydrogens (tertiary/aromatic N) is 1. The zero-order valence-electron chi connectivity index (χ0n) is 16.7. The molecular weight excluding hydrogens is 412 g/mol. The van der Waals surface area contributed by atoms with Crippen LogP contribution in [0.4, 0.5) is 17.6 Å². The first-order valence-electron chi connectivity index (χ1n) is 9.44. The summed E-state index contributed by atoms with van der Waals surface area (Å²) in [5.41, 5.74) is 1.31. The minimum atomic E-state index is -4.90. The molecule has 2 atom stereocenters. The Bertz CT molecular complexity index is 1080. The van der Waals surface area contributed by atoms with E-state index in [1.165, 1.54) is 37.4 Å². The fourth-order valence-corrected chi connectivity index (χ4v) is 3.11. The molecule has 0 saturated heterocycles. The molecule has 0 radical (unpaired) electrons. The van der Waals surface area contributed by atoms with Crippen molar-refractivity contribution < 1.29 is 27.5 Å². The lowest BCUT2D eigenvalue weighted by molar-refractivity contribution is -0.206. The Morgan fingerprint density at radius 3 is 2.35 bits per heavy atom. The summed E-state index contributed by atoms with van der Waals surface area (Å²) >= 11 is 0. The summed E-state index contributed by atoms with van der Waals surface area (Å²) in [6, 6.07) is 12.4. The lowest BCUT2D eigenvalue weighted by atomic mass is 9.96. The number of halogens is 4. The molecule has 0 fully saturated rings. The summed E-state index contributed by atoms with van der Waals surface area (Å²) in [5.74, 6) is -1.33. The van der Waals surface area contributed by atoms with Gasteiger partial charge in [-0.05, 0) is 60.9 Å². The van der Waals surface area contributed by atoms with E-state index in [4.69, 9.17) is 0 Å². The van der Waals surface area contributed by atoms with E-state index in [1.54, 1.807) is 24.3 Å². The van der Waals surface area contributed by atoms with Crippen molar-refractivity contribution in [1.82, 2.24) is 10.3 Å². The summed E-state index contributed by atoms with van der Waals surface area (Å²) in [6.45, 7) is 3.38. The van der Waals surface area contributed by atoms with Crippen LogP contribution in [-0.4, -0.2) is 22.2 Å². The zero-order chi connectivity index (χ0) is 22.8. The molecule has 31 heavy (non-hydrogen) atoms. The second-order valence-corrected chi connectivity index (χ2v) is 7.22. The molecule has 1 heterocycles. The van der Waals surface area contributed by atoms with Crippen LogP contribution in [0.5, 0.6) is 0 Å². The van der Waals surface area contributed by atoms with E-state index < -0.39 is 35.6 Å². The van der Waals surface area contributed by atoms with Gasteiger partial charge in [-0.3, -0.25) is 9.78 Å². The summed E-state index contributed by atoms with van der Waals surface area (Å²) in [5, 5.41) is 12.3. The van der Waals surface area contributed by atoms with E-state index in [2.05, 4.69) is 10.3 Å². The SMILES string of the molecule is Cc1ccc(-c2cc(C(=O)N[C@H](C)c3ncccc3F)cc(C(O)C(F)(F)F)c2)cc1. The van der Waals surface area contributed by atoms with Gasteiger partial charge >= 0.3 is 6.18 Å². The number of hydrogen-bond acceptors (Lipinski definition) is 3. The molecule has 0 spiro atoms. The molecule has 3 rings (SSSR count).